The third-order valence-electron chi connectivity index (χ3n) is 2.65. The Labute approximate surface area is 118 Å². The van der Waals surface area contributed by atoms with Crippen LogP contribution in [-0.2, 0) is 4.79 Å². The number of ether oxygens (including phenoxy) is 1. The summed E-state index contributed by atoms with van der Waals surface area (Å²) in [7, 11) is 0. The van der Waals surface area contributed by atoms with Crippen LogP contribution in [0.2, 0.25) is 0 Å². The van der Waals surface area contributed by atoms with Gasteiger partial charge in [-0.3, -0.25) is 4.79 Å². The molecule has 0 aliphatic heterocycles. The number of hydrogen-bond donors (Lipinski definition) is 2. The normalized spacial score (nSPS) is 9.90. The summed E-state index contributed by atoms with van der Waals surface area (Å²) in [5, 5.41) is 5.94. The molecule has 4 nitrogen and oxygen atoms in total. The summed E-state index contributed by atoms with van der Waals surface area (Å²) in [5.74, 6) is 1.42. The number of carbonyl (C=O) groups is 1. The van der Waals surface area contributed by atoms with E-state index in [-0.39, 0.29) is 5.91 Å². The van der Waals surface area contributed by atoms with Gasteiger partial charge in [-0.1, -0.05) is 0 Å². The Hall–Kier alpha value is -2.49. The molecule has 0 heterocycles. The molecule has 0 atom stereocenters. The van der Waals surface area contributed by atoms with Crippen LogP contribution in [0.15, 0.2) is 48.5 Å². The van der Waals surface area contributed by atoms with E-state index in [1.165, 1.54) is 6.92 Å². The number of nitrogens with one attached hydrogen (secondary N) is 2. The van der Waals surface area contributed by atoms with Crippen molar-refractivity contribution >= 4 is 17.3 Å². The van der Waals surface area contributed by atoms with Crippen molar-refractivity contribution in [2.75, 3.05) is 17.2 Å². The predicted octanol–water partition coefficient (Wildman–Crippen LogP) is 3.87. The molecule has 20 heavy (non-hydrogen) atoms. The zero-order valence-corrected chi connectivity index (χ0v) is 11.6. The minimum atomic E-state index is -0.0855. The van der Waals surface area contributed by atoms with Gasteiger partial charge in [0.1, 0.15) is 11.5 Å². The number of hydrogen-bond acceptors (Lipinski definition) is 3. The SMILES string of the molecule is CCNc1ccc(Oc2ccc(NC(C)=O)cc2)cc1. The minimum absolute atomic E-state index is 0.0855. The van der Waals surface area contributed by atoms with Gasteiger partial charge < -0.3 is 15.4 Å². The molecule has 2 N–H and O–H groups in total. The zero-order valence-electron chi connectivity index (χ0n) is 11.6. The first-order valence-electron chi connectivity index (χ1n) is 6.57. The lowest BCUT2D eigenvalue weighted by Crippen LogP contribution is -2.05. The van der Waals surface area contributed by atoms with Crippen LogP contribution in [0, 0.1) is 0 Å². The van der Waals surface area contributed by atoms with E-state index >= 15 is 0 Å². The van der Waals surface area contributed by atoms with E-state index in [0.29, 0.717) is 0 Å². The molecule has 0 bridgehead atoms. The standard InChI is InChI=1S/C16H18N2O2/c1-3-17-13-4-8-15(9-5-13)20-16-10-6-14(7-11-16)18-12(2)19/h4-11,17H,3H2,1-2H3,(H,18,19). The molecule has 0 unspecified atom stereocenters. The number of anilines is 2. The molecule has 0 spiro atoms. The van der Waals surface area contributed by atoms with Crippen LogP contribution < -0.4 is 15.4 Å². The van der Waals surface area contributed by atoms with Crippen molar-refractivity contribution in [2.45, 2.75) is 13.8 Å². The second kappa shape index (κ2) is 6.61. The van der Waals surface area contributed by atoms with Crippen molar-refractivity contribution in [1.82, 2.24) is 0 Å². The summed E-state index contributed by atoms with van der Waals surface area (Å²) in [6.07, 6.45) is 0. The van der Waals surface area contributed by atoms with Gasteiger partial charge in [-0.25, -0.2) is 0 Å². The van der Waals surface area contributed by atoms with E-state index < -0.39 is 0 Å². The van der Waals surface area contributed by atoms with Crippen molar-refractivity contribution < 1.29 is 9.53 Å². The molecule has 0 saturated heterocycles. The molecule has 0 radical (unpaired) electrons. The van der Waals surface area contributed by atoms with Crippen LogP contribution >= 0.6 is 0 Å². The lowest BCUT2D eigenvalue weighted by atomic mass is 10.3. The van der Waals surface area contributed by atoms with E-state index in [0.717, 1.165) is 29.4 Å². The maximum atomic E-state index is 10.9. The smallest absolute Gasteiger partial charge is 0.221 e. The monoisotopic (exact) mass is 270 g/mol. The fourth-order valence-corrected chi connectivity index (χ4v) is 1.79. The molecular weight excluding hydrogens is 252 g/mol. The Morgan fingerprint density at radius 2 is 1.45 bits per heavy atom. The molecule has 2 rings (SSSR count). The Bertz CT molecular complexity index is 562. The summed E-state index contributed by atoms with van der Waals surface area (Å²) in [5.41, 5.74) is 1.83. The summed E-state index contributed by atoms with van der Waals surface area (Å²) >= 11 is 0. The maximum Gasteiger partial charge on any atom is 0.221 e. The molecule has 2 aromatic carbocycles. The Morgan fingerprint density at radius 3 is 1.90 bits per heavy atom. The minimum Gasteiger partial charge on any atom is -0.457 e. The lowest BCUT2D eigenvalue weighted by Gasteiger charge is -2.08. The summed E-state index contributed by atoms with van der Waals surface area (Å²) in [4.78, 5) is 10.9. The molecule has 0 fully saturated rings. The van der Waals surface area contributed by atoms with Crippen molar-refractivity contribution in [1.29, 1.82) is 0 Å². The van der Waals surface area contributed by atoms with Gasteiger partial charge in [0.05, 0.1) is 0 Å². The topological polar surface area (TPSA) is 50.4 Å². The highest BCUT2D eigenvalue weighted by Crippen LogP contribution is 2.24. The zero-order chi connectivity index (χ0) is 14.4. The summed E-state index contributed by atoms with van der Waals surface area (Å²) in [6, 6.07) is 15.1. The molecule has 0 aliphatic rings. The van der Waals surface area contributed by atoms with Gasteiger partial charge in [-0.05, 0) is 55.5 Å². The van der Waals surface area contributed by atoms with Crippen LogP contribution in [-0.4, -0.2) is 12.5 Å². The molecule has 0 aromatic heterocycles. The number of amides is 1. The number of carbonyl (C=O) groups excluding carboxylic acids is 1. The number of rotatable bonds is 5. The number of benzene rings is 2. The van der Waals surface area contributed by atoms with Crippen molar-refractivity contribution in [2.24, 2.45) is 0 Å². The van der Waals surface area contributed by atoms with Crippen molar-refractivity contribution in [3.63, 3.8) is 0 Å². The van der Waals surface area contributed by atoms with Crippen LogP contribution in [0.4, 0.5) is 11.4 Å². The predicted molar refractivity (Wildman–Crippen MR) is 81.4 cm³/mol. The lowest BCUT2D eigenvalue weighted by molar-refractivity contribution is -0.114. The van der Waals surface area contributed by atoms with Gasteiger partial charge in [0.2, 0.25) is 5.91 Å². The van der Waals surface area contributed by atoms with Crippen LogP contribution in [0.25, 0.3) is 0 Å². The molecular formula is C16H18N2O2. The Morgan fingerprint density at radius 1 is 0.950 bits per heavy atom. The van der Waals surface area contributed by atoms with Gasteiger partial charge in [0.25, 0.3) is 0 Å². The second-order valence-electron chi connectivity index (χ2n) is 4.36. The maximum absolute atomic E-state index is 10.9. The van der Waals surface area contributed by atoms with Crippen LogP contribution in [0.1, 0.15) is 13.8 Å². The Kier molecular flexibility index (Phi) is 4.60. The summed E-state index contributed by atoms with van der Waals surface area (Å²) < 4.78 is 5.73. The molecule has 4 heteroatoms. The summed E-state index contributed by atoms with van der Waals surface area (Å²) in [6.45, 7) is 4.43. The van der Waals surface area contributed by atoms with Crippen LogP contribution in [0.3, 0.4) is 0 Å². The largest absolute Gasteiger partial charge is 0.457 e. The molecule has 0 saturated carbocycles. The quantitative estimate of drug-likeness (QED) is 0.867. The van der Waals surface area contributed by atoms with E-state index in [4.69, 9.17) is 4.74 Å². The molecule has 104 valence electrons. The van der Waals surface area contributed by atoms with Crippen molar-refractivity contribution in [3.8, 4) is 11.5 Å². The first kappa shape index (κ1) is 13.9. The van der Waals surface area contributed by atoms with Gasteiger partial charge >= 0.3 is 0 Å². The first-order chi connectivity index (χ1) is 9.67. The van der Waals surface area contributed by atoms with E-state index in [1.807, 2.05) is 48.5 Å². The highest BCUT2D eigenvalue weighted by atomic mass is 16.5. The molecule has 1 amide bonds. The van der Waals surface area contributed by atoms with Crippen LogP contribution in [0.5, 0.6) is 11.5 Å². The Balaban J connectivity index is 2.00. The van der Waals surface area contributed by atoms with Gasteiger partial charge in [0.15, 0.2) is 0 Å². The highest BCUT2D eigenvalue weighted by Gasteiger charge is 1.99. The van der Waals surface area contributed by atoms with Gasteiger partial charge in [0, 0.05) is 24.8 Å². The average molecular weight is 270 g/mol. The fourth-order valence-electron chi connectivity index (χ4n) is 1.79. The van der Waals surface area contributed by atoms with Gasteiger partial charge in [-0.2, -0.15) is 0 Å². The third kappa shape index (κ3) is 4.02. The third-order valence-corrected chi connectivity index (χ3v) is 2.65. The molecule has 2 aromatic rings. The van der Waals surface area contributed by atoms with E-state index in [9.17, 15) is 4.79 Å². The fraction of sp³-hybridized carbons (Fsp3) is 0.188. The molecule has 0 aliphatic carbocycles. The first-order valence-corrected chi connectivity index (χ1v) is 6.57. The van der Waals surface area contributed by atoms with E-state index in [1.54, 1.807) is 0 Å². The average Bonchev–Trinajstić information content (AvgIpc) is 2.43. The van der Waals surface area contributed by atoms with Crippen molar-refractivity contribution in [3.05, 3.63) is 48.5 Å². The highest BCUT2D eigenvalue weighted by molar-refractivity contribution is 5.88. The second-order valence-corrected chi connectivity index (χ2v) is 4.36. The van der Waals surface area contributed by atoms with E-state index in [2.05, 4.69) is 17.6 Å². The van der Waals surface area contributed by atoms with Gasteiger partial charge in [-0.15, -0.1) is 0 Å².